The molecule has 1 aromatic heterocycles. The summed E-state index contributed by atoms with van der Waals surface area (Å²) in [6.07, 6.45) is 1.56. The molecular weight excluding hydrogens is 369 g/mol. The van der Waals surface area contributed by atoms with Gasteiger partial charge in [-0.3, -0.25) is 4.79 Å². The van der Waals surface area contributed by atoms with Crippen LogP contribution in [-0.2, 0) is 4.79 Å². The molecule has 1 amide bonds. The van der Waals surface area contributed by atoms with Gasteiger partial charge in [-0.15, -0.1) is 0 Å². The highest BCUT2D eigenvalue weighted by atomic mass is 19.1. The van der Waals surface area contributed by atoms with Crippen LogP contribution in [-0.4, -0.2) is 17.6 Å². The summed E-state index contributed by atoms with van der Waals surface area (Å²) in [6, 6.07) is 16.9. The summed E-state index contributed by atoms with van der Waals surface area (Å²) < 4.78 is 20.3. The van der Waals surface area contributed by atoms with Crippen molar-refractivity contribution in [1.29, 1.82) is 5.26 Å². The average molecular weight is 389 g/mol. The number of hydrogen-bond acceptors (Lipinski definition) is 3. The molecule has 0 atom stereocenters. The van der Waals surface area contributed by atoms with Crippen LogP contribution in [0.5, 0.6) is 5.75 Å². The molecule has 0 aliphatic rings. The summed E-state index contributed by atoms with van der Waals surface area (Å²) in [5.41, 5.74) is 3.97. The fourth-order valence-electron chi connectivity index (χ4n) is 3.10. The number of aromatic nitrogens is 1. The maximum Gasteiger partial charge on any atom is 0.266 e. The third kappa shape index (κ3) is 4.36. The van der Waals surface area contributed by atoms with E-state index in [1.165, 1.54) is 24.3 Å². The highest BCUT2D eigenvalue weighted by molar-refractivity contribution is 6.09. The number of rotatable bonds is 5. The van der Waals surface area contributed by atoms with Gasteiger partial charge in [0.2, 0.25) is 0 Å². The second-order valence-electron chi connectivity index (χ2n) is 6.49. The van der Waals surface area contributed by atoms with Crippen molar-refractivity contribution in [2.75, 3.05) is 12.4 Å². The van der Waals surface area contributed by atoms with Crippen LogP contribution in [0.15, 0.2) is 60.2 Å². The Bertz CT molecular complexity index is 1100. The monoisotopic (exact) mass is 389 g/mol. The highest BCUT2D eigenvalue weighted by Gasteiger charge is 2.14. The zero-order chi connectivity index (χ0) is 21.0. The molecule has 1 N–H and O–H groups in total. The van der Waals surface area contributed by atoms with Crippen molar-refractivity contribution < 1.29 is 13.9 Å². The minimum Gasteiger partial charge on any atom is -0.497 e. The number of hydrogen-bond donors (Lipinski definition) is 1. The van der Waals surface area contributed by atoms with Gasteiger partial charge in [0.1, 0.15) is 23.2 Å². The molecule has 1 heterocycles. The average Bonchev–Trinajstić information content (AvgIpc) is 3.00. The number of methoxy groups -OCH3 is 1. The highest BCUT2D eigenvalue weighted by Crippen LogP contribution is 2.24. The SMILES string of the molecule is COc1ccc(-n2c(C)cc(C=C(C#N)C(=O)Nc3ccc(F)cc3)c2C)cc1. The van der Waals surface area contributed by atoms with Crippen molar-refractivity contribution >= 4 is 17.7 Å². The lowest BCUT2D eigenvalue weighted by Gasteiger charge is -2.10. The number of aryl methyl sites for hydroxylation is 1. The maximum atomic E-state index is 13.0. The molecule has 0 aliphatic heterocycles. The van der Waals surface area contributed by atoms with E-state index >= 15 is 0 Å². The van der Waals surface area contributed by atoms with Crippen LogP contribution in [0.3, 0.4) is 0 Å². The molecule has 6 heteroatoms. The third-order valence-electron chi connectivity index (χ3n) is 4.57. The van der Waals surface area contributed by atoms with E-state index in [4.69, 9.17) is 4.74 Å². The number of nitriles is 1. The van der Waals surface area contributed by atoms with E-state index in [0.29, 0.717) is 5.69 Å². The lowest BCUT2D eigenvalue weighted by Crippen LogP contribution is -2.13. The first-order valence-corrected chi connectivity index (χ1v) is 8.95. The molecule has 0 bridgehead atoms. The molecule has 3 rings (SSSR count). The summed E-state index contributed by atoms with van der Waals surface area (Å²) in [5.74, 6) is -0.182. The number of benzene rings is 2. The molecule has 0 aliphatic carbocycles. The molecule has 3 aromatic rings. The van der Waals surface area contributed by atoms with Gasteiger partial charge in [0.25, 0.3) is 5.91 Å². The fraction of sp³-hybridized carbons (Fsp3) is 0.130. The lowest BCUT2D eigenvalue weighted by molar-refractivity contribution is -0.112. The molecule has 0 saturated heterocycles. The molecular formula is C23H20FN3O2. The Balaban J connectivity index is 1.90. The Kier molecular flexibility index (Phi) is 5.79. The van der Waals surface area contributed by atoms with E-state index in [1.54, 1.807) is 13.2 Å². The normalized spacial score (nSPS) is 11.1. The molecule has 0 unspecified atom stereocenters. The van der Waals surface area contributed by atoms with Crippen LogP contribution in [0, 0.1) is 31.0 Å². The largest absolute Gasteiger partial charge is 0.497 e. The predicted octanol–water partition coefficient (Wildman–Crippen LogP) is 4.79. The van der Waals surface area contributed by atoms with Gasteiger partial charge in [0.15, 0.2) is 0 Å². The Morgan fingerprint density at radius 2 is 1.79 bits per heavy atom. The van der Waals surface area contributed by atoms with Gasteiger partial charge in [0.05, 0.1) is 7.11 Å². The predicted molar refractivity (Wildman–Crippen MR) is 110 cm³/mol. The van der Waals surface area contributed by atoms with Gasteiger partial charge in [-0.05, 0) is 80.1 Å². The van der Waals surface area contributed by atoms with Crippen LogP contribution < -0.4 is 10.1 Å². The quantitative estimate of drug-likeness (QED) is 0.504. The number of nitrogens with zero attached hydrogens (tertiary/aromatic N) is 2. The van der Waals surface area contributed by atoms with Gasteiger partial charge in [-0.2, -0.15) is 5.26 Å². The van der Waals surface area contributed by atoms with E-state index < -0.39 is 11.7 Å². The van der Waals surface area contributed by atoms with E-state index in [-0.39, 0.29) is 5.57 Å². The molecule has 0 spiro atoms. The van der Waals surface area contributed by atoms with Gasteiger partial charge >= 0.3 is 0 Å². The zero-order valence-corrected chi connectivity index (χ0v) is 16.4. The number of anilines is 1. The topological polar surface area (TPSA) is 67.0 Å². The first kappa shape index (κ1) is 19.9. The standard InChI is InChI=1S/C23H20FN3O2/c1-15-12-17(16(2)27(15)21-8-10-22(29-3)11-9-21)13-18(14-25)23(28)26-20-6-4-19(24)5-7-20/h4-13H,1-3H3,(H,26,28). The van der Waals surface area contributed by atoms with E-state index in [2.05, 4.69) is 5.32 Å². The summed E-state index contributed by atoms with van der Waals surface area (Å²) in [5, 5.41) is 12.1. The van der Waals surface area contributed by atoms with Crippen molar-refractivity contribution in [3.05, 3.63) is 82.9 Å². The van der Waals surface area contributed by atoms with Crippen molar-refractivity contribution in [1.82, 2.24) is 4.57 Å². The van der Waals surface area contributed by atoms with Crippen molar-refractivity contribution in [3.8, 4) is 17.5 Å². The second kappa shape index (κ2) is 8.44. The lowest BCUT2D eigenvalue weighted by atomic mass is 10.1. The minimum atomic E-state index is -0.548. The number of carbonyl (C=O) groups excluding carboxylic acids is 1. The van der Waals surface area contributed by atoms with Gasteiger partial charge in [-0.25, -0.2) is 4.39 Å². The number of halogens is 1. The molecule has 0 saturated carbocycles. The van der Waals surface area contributed by atoms with Gasteiger partial charge < -0.3 is 14.6 Å². The van der Waals surface area contributed by atoms with Crippen molar-refractivity contribution in [2.45, 2.75) is 13.8 Å². The van der Waals surface area contributed by atoms with Gasteiger partial charge in [0, 0.05) is 22.8 Å². The number of ether oxygens (including phenoxy) is 1. The number of amides is 1. The van der Waals surface area contributed by atoms with Crippen LogP contribution in [0.25, 0.3) is 11.8 Å². The molecule has 29 heavy (non-hydrogen) atoms. The molecule has 0 fully saturated rings. The Labute approximate surface area is 168 Å². The van der Waals surface area contributed by atoms with E-state index in [0.717, 1.165) is 28.4 Å². The first-order chi connectivity index (χ1) is 13.9. The van der Waals surface area contributed by atoms with Crippen LogP contribution >= 0.6 is 0 Å². The fourth-order valence-corrected chi connectivity index (χ4v) is 3.10. The smallest absolute Gasteiger partial charge is 0.266 e. The van der Waals surface area contributed by atoms with Crippen LogP contribution in [0.1, 0.15) is 17.0 Å². The minimum absolute atomic E-state index is 0.0377. The summed E-state index contributed by atoms with van der Waals surface area (Å²) >= 11 is 0. The molecule has 146 valence electrons. The zero-order valence-electron chi connectivity index (χ0n) is 16.4. The molecule has 2 aromatic carbocycles. The third-order valence-corrected chi connectivity index (χ3v) is 4.57. The summed E-state index contributed by atoms with van der Waals surface area (Å²) in [7, 11) is 1.62. The van der Waals surface area contributed by atoms with Crippen molar-refractivity contribution in [3.63, 3.8) is 0 Å². The van der Waals surface area contributed by atoms with Gasteiger partial charge in [-0.1, -0.05) is 0 Å². The van der Waals surface area contributed by atoms with Crippen LogP contribution in [0.2, 0.25) is 0 Å². The summed E-state index contributed by atoms with van der Waals surface area (Å²) in [4.78, 5) is 12.5. The number of nitrogens with one attached hydrogen (secondary N) is 1. The molecule has 0 radical (unpaired) electrons. The van der Waals surface area contributed by atoms with E-state index in [1.807, 2.05) is 54.8 Å². The molecule has 5 nitrogen and oxygen atoms in total. The Morgan fingerprint density at radius 1 is 1.14 bits per heavy atom. The Morgan fingerprint density at radius 3 is 2.38 bits per heavy atom. The first-order valence-electron chi connectivity index (χ1n) is 8.95. The van der Waals surface area contributed by atoms with Crippen LogP contribution in [0.4, 0.5) is 10.1 Å². The second-order valence-corrected chi connectivity index (χ2v) is 6.49. The maximum absolute atomic E-state index is 13.0. The van der Waals surface area contributed by atoms with Crippen molar-refractivity contribution in [2.24, 2.45) is 0 Å². The number of carbonyl (C=O) groups is 1. The Hall–Kier alpha value is -3.85. The summed E-state index contributed by atoms with van der Waals surface area (Å²) in [6.45, 7) is 3.88. The van der Waals surface area contributed by atoms with E-state index in [9.17, 15) is 14.4 Å².